The number of phenolic OH excluding ortho intramolecular Hbond substituents is 1. The van der Waals surface area contributed by atoms with E-state index in [2.05, 4.69) is 15.5 Å². The van der Waals surface area contributed by atoms with Gasteiger partial charge in [0.15, 0.2) is 5.82 Å². The highest BCUT2D eigenvalue weighted by Gasteiger charge is 2.19. The van der Waals surface area contributed by atoms with E-state index >= 15 is 0 Å². The van der Waals surface area contributed by atoms with Crippen molar-refractivity contribution in [3.63, 3.8) is 0 Å². The molecule has 0 radical (unpaired) electrons. The Hall–Kier alpha value is -3.29. The maximum atomic E-state index is 13.4. The third kappa shape index (κ3) is 3.18. The molecular weight excluding hydrogens is 330 g/mol. The predicted molar refractivity (Wildman–Crippen MR) is 88.8 cm³/mol. The van der Waals surface area contributed by atoms with Gasteiger partial charge in [-0.3, -0.25) is 9.36 Å². The summed E-state index contributed by atoms with van der Waals surface area (Å²) < 4.78 is 27.6. The van der Waals surface area contributed by atoms with Crippen LogP contribution in [0.3, 0.4) is 0 Å². The number of para-hydroxylation sites is 3. The number of benzene rings is 2. The summed E-state index contributed by atoms with van der Waals surface area (Å²) in [6.45, 7) is -1.34. The summed E-state index contributed by atoms with van der Waals surface area (Å²) >= 11 is 0. The average molecular weight is 344 g/mol. The number of hydrazone groups is 1. The quantitative estimate of drug-likeness (QED) is 0.563. The van der Waals surface area contributed by atoms with Crippen LogP contribution in [0.5, 0.6) is 5.75 Å². The molecule has 6 nitrogen and oxygen atoms in total. The molecule has 2 N–H and O–H groups in total. The highest BCUT2D eigenvalue weighted by Crippen LogP contribution is 2.23. The van der Waals surface area contributed by atoms with Crippen molar-refractivity contribution in [2.45, 2.75) is 13.5 Å². The predicted octanol–water partition coefficient (Wildman–Crippen LogP) is 3.29. The number of halogens is 2. The van der Waals surface area contributed by atoms with Crippen molar-refractivity contribution in [2.75, 3.05) is 0 Å². The zero-order chi connectivity index (χ0) is 18.0. The Morgan fingerprint density at radius 3 is 2.60 bits per heavy atom. The topological polar surface area (TPSA) is 79.5 Å². The number of nitrogens with zero attached hydrogens (tertiary/aromatic N) is 3. The monoisotopic (exact) mass is 344 g/mol. The number of aromatic nitrogens is 2. The number of phenols is 1. The van der Waals surface area contributed by atoms with Crippen molar-refractivity contribution < 1.29 is 18.7 Å². The van der Waals surface area contributed by atoms with Gasteiger partial charge in [0.1, 0.15) is 11.5 Å². The molecule has 0 saturated carbocycles. The summed E-state index contributed by atoms with van der Waals surface area (Å²) in [6, 6.07) is 12.4. The van der Waals surface area contributed by atoms with Crippen LogP contribution in [0.15, 0.2) is 53.6 Å². The molecule has 3 aromatic rings. The second-order valence-corrected chi connectivity index (χ2v) is 5.23. The molecule has 1 aromatic heterocycles. The number of rotatable bonds is 4. The van der Waals surface area contributed by atoms with Crippen LogP contribution in [-0.2, 0) is 0 Å². The van der Waals surface area contributed by atoms with Crippen LogP contribution in [0.1, 0.15) is 29.7 Å². The zero-order valence-electron chi connectivity index (χ0n) is 13.1. The number of hydrogen-bond donors (Lipinski definition) is 2. The van der Waals surface area contributed by atoms with Gasteiger partial charge in [0, 0.05) is 0 Å². The van der Waals surface area contributed by atoms with Gasteiger partial charge in [-0.1, -0.05) is 24.3 Å². The highest BCUT2D eigenvalue weighted by molar-refractivity contribution is 6.01. The Morgan fingerprint density at radius 1 is 1.20 bits per heavy atom. The van der Waals surface area contributed by atoms with E-state index < -0.39 is 12.5 Å². The van der Waals surface area contributed by atoms with E-state index in [1.54, 1.807) is 30.3 Å². The van der Waals surface area contributed by atoms with E-state index in [4.69, 9.17) is 0 Å². The highest BCUT2D eigenvalue weighted by atomic mass is 19.3. The minimum Gasteiger partial charge on any atom is -0.507 e. The smallest absolute Gasteiger partial charge is 0.320 e. The Bertz CT molecular complexity index is 966. The Balaban J connectivity index is 1.93. The van der Waals surface area contributed by atoms with Crippen molar-refractivity contribution in [3.8, 4) is 5.75 Å². The molecule has 3 rings (SSSR count). The van der Waals surface area contributed by atoms with Gasteiger partial charge in [-0.15, -0.1) is 0 Å². The average Bonchev–Trinajstić information content (AvgIpc) is 2.99. The lowest BCUT2D eigenvalue weighted by molar-refractivity contribution is 0.0740. The lowest BCUT2D eigenvalue weighted by atomic mass is 10.2. The third-order valence-corrected chi connectivity index (χ3v) is 3.59. The number of carbonyl (C=O) groups excluding carboxylic acids is 1. The van der Waals surface area contributed by atoms with Gasteiger partial charge in [-0.2, -0.15) is 13.9 Å². The molecule has 25 heavy (non-hydrogen) atoms. The van der Waals surface area contributed by atoms with E-state index in [0.29, 0.717) is 5.52 Å². The number of imidazole rings is 1. The fourth-order valence-electron chi connectivity index (χ4n) is 2.41. The summed E-state index contributed by atoms with van der Waals surface area (Å²) in [7, 11) is 0. The molecule has 0 aliphatic rings. The summed E-state index contributed by atoms with van der Waals surface area (Å²) in [5.41, 5.74) is 3.05. The van der Waals surface area contributed by atoms with Crippen LogP contribution in [0, 0.1) is 0 Å². The lowest BCUT2D eigenvalue weighted by Gasteiger charge is -2.08. The van der Waals surface area contributed by atoms with Gasteiger partial charge in [-0.25, -0.2) is 10.4 Å². The van der Waals surface area contributed by atoms with E-state index in [9.17, 15) is 18.7 Å². The Kier molecular flexibility index (Phi) is 4.42. The van der Waals surface area contributed by atoms with Crippen LogP contribution >= 0.6 is 0 Å². The van der Waals surface area contributed by atoms with Crippen molar-refractivity contribution in [1.82, 2.24) is 15.0 Å². The van der Waals surface area contributed by atoms with Gasteiger partial charge in [0.05, 0.1) is 16.6 Å². The maximum absolute atomic E-state index is 13.4. The maximum Gasteiger partial charge on any atom is 0.320 e. The molecule has 0 aliphatic heterocycles. The first-order valence-electron chi connectivity index (χ1n) is 7.37. The number of hydrogen-bond acceptors (Lipinski definition) is 4. The fraction of sp³-hybridized carbons (Fsp3) is 0.118. The minimum absolute atomic E-state index is 0.0291. The minimum atomic E-state index is -2.80. The Labute approximate surface area is 141 Å². The molecule has 0 atom stereocenters. The molecule has 0 fully saturated rings. The first-order chi connectivity index (χ1) is 12.0. The van der Waals surface area contributed by atoms with Crippen LogP contribution in [0.2, 0.25) is 0 Å². The molecule has 1 heterocycles. The molecular formula is C17H14F2N4O2. The first-order valence-corrected chi connectivity index (χ1v) is 7.37. The van der Waals surface area contributed by atoms with Gasteiger partial charge < -0.3 is 5.11 Å². The normalized spacial score (nSPS) is 11.9. The largest absolute Gasteiger partial charge is 0.507 e. The molecule has 0 saturated heterocycles. The molecule has 0 spiro atoms. The summed E-state index contributed by atoms with van der Waals surface area (Å²) in [4.78, 5) is 16.2. The van der Waals surface area contributed by atoms with Gasteiger partial charge >= 0.3 is 6.55 Å². The van der Waals surface area contributed by atoms with Crippen molar-refractivity contribution in [2.24, 2.45) is 5.10 Å². The van der Waals surface area contributed by atoms with Crippen LogP contribution in [0.25, 0.3) is 11.0 Å². The van der Waals surface area contributed by atoms with Crippen molar-refractivity contribution in [1.29, 1.82) is 0 Å². The zero-order valence-corrected chi connectivity index (χ0v) is 13.1. The van der Waals surface area contributed by atoms with E-state index in [0.717, 1.165) is 4.57 Å². The van der Waals surface area contributed by atoms with E-state index in [1.165, 1.54) is 25.1 Å². The lowest BCUT2D eigenvalue weighted by Crippen LogP contribution is -2.20. The second-order valence-electron chi connectivity index (χ2n) is 5.23. The van der Waals surface area contributed by atoms with Crippen LogP contribution < -0.4 is 5.43 Å². The van der Waals surface area contributed by atoms with Gasteiger partial charge in [0.25, 0.3) is 5.91 Å². The van der Waals surface area contributed by atoms with Crippen LogP contribution in [0.4, 0.5) is 8.78 Å². The molecule has 0 bridgehead atoms. The molecule has 0 aliphatic carbocycles. The number of alkyl halides is 2. The standard InChI is InChI=1S/C17H14F2N4O2/c1-10(21-22-16(25)11-6-2-5-9-14(11)24)15-20-12-7-3-4-8-13(12)23(15)17(18)19/h2-9,17,24H,1H3,(H,22,25)/b21-10+. The van der Waals surface area contributed by atoms with E-state index in [1.807, 2.05) is 0 Å². The summed E-state index contributed by atoms with van der Waals surface area (Å²) in [6.07, 6.45) is 0. The van der Waals surface area contributed by atoms with Crippen molar-refractivity contribution >= 4 is 22.7 Å². The number of aromatic hydroxyl groups is 1. The molecule has 0 unspecified atom stereocenters. The van der Waals surface area contributed by atoms with E-state index in [-0.39, 0.29) is 28.4 Å². The molecule has 1 amide bonds. The van der Waals surface area contributed by atoms with Crippen LogP contribution in [-0.4, -0.2) is 26.3 Å². The SMILES string of the molecule is C/C(=N\NC(=O)c1ccccc1O)c1nc2ccccc2n1C(F)F. The third-order valence-electron chi connectivity index (χ3n) is 3.59. The number of amides is 1. The number of carbonyl (C=O) groups is 1. The second kappa shape index (κ2) is 6.68. The molecule has 8 heteroatoms. The summed E-state index contributed by atoms with van der Waals surface area (Å²) in [5, 5.41) is 13.5. The molecule has 2 aromatic carbocycles. The van der Waals surface area contributed by atoms with Gasteiger partial charge in [0.2, 0.25) is 0 Å². The molecule has 128 valence electrons. The van der Waals surface area contributed by atoms with Gasteiger partial charge in [-0.05, 0) is 31.2 Å². The van der Waals surface area contributed by atoms with Crippen molar-refractivity contribution in [3.05, 3.63) is 59.9 Å². The Morgan fingerprint density at radius 2 is 1.88 bits per heavy atom. The first kappa shape index (κ1) is 16.6. The summed E-state index contributed by atoms with van der Waals surface area (Å²) in [5.74, 6) is -0.904. The number of fused-ring (bicyclic) bond motifs is 1. The number of nitrogens with one attached hydrogen (secondary N) is 1. The fourth-order valence-corrected chi connectivity index (χ4v) is 2.41.